The highest BCUT2D eigenvalue weighted by Gasteiger charge is 2.44. The van der Waals surface area contributed by atoms with Crippen molar-refractivity contribution in [3.05, 3.63) is 47.5 Å². The monoisotopic (exact) mass is 487 g/mol. The summed E-state index contributed by atoms with van der Waals surface area (Å²) in [5.41, 5.74) is 2.38. The van der Waals surface area contributed by atoms with Crippen molar-refractivity contribution in [3.8, 4) is 11.5 Å². The molecule has 10 heteroatoms. The molecule has 2 aliphatic rings. The van der Waals surface area contributed by atoms with Crippen LogP contribution in [0.2, 0.25) is 0 Å². The minimum Gasteiger partial charge on any atom is -0.493 e. The molecule has 0 aromatic heterocycles. The first-order chi connectivity index (χ1) is 16.2. The molecular weight excluding hydrogens is 458 g/mol. The van der Waals surface area contributed by atoms with E-state index in [0.717, 1.165) is 11.1 Å². The normalized spacial score (nSPS) is 20.1. The van der Waals surface area contributed by atoms with E-state index in [2.05, 4.69) is 0 Å². The fourth-order valence-electron chi connectivity index (χ4n) is 4.42. The number of benzene rings is 2. The number of imide groups is 1. The zero-order valence-electron chi connectivity index (χ0n) is 19.8. The van der Waals surface area contributed by atoms with Crippen molar-refractivity contribution in [2.24, 2.45) is 0 Å². The molecule has 0 bridgehead atoms. The lowest BCUT2D eigenvalue weighted by atomic mass is 10.1. The number of amides is 2. The molecule has 4 rings (SSSR count). The number of sulfonamides is 1. The maximum Gasteiger partial charge on any atom is 0.251 e. The van der Waals surface area contributed by atoms with Crippen LogP contribution in [0.1, 0.15) is 17.5 Å². The molecule has 2 saturated heterocycles. The van der Waals surface area contributed by atoms with Gasteiger partial charge in [0.25, 0.3) is 5.91 Å². The van der Waals surface area contributed by atoms with Gasteiger partial charge < -0.3 is 9.47 Å². The van der Waals surface area contributed by atoms with Crippen LogP contribution in [0.3, 0.4) is 0 Å². The van der Waals surface area contributed by atoms with Crippen molar-refractivity contribution in [1.29, 1.82) is 0 Å². The van der Waals surface area contributed by atoms with E-state index >= 15 is 0 Å². The maximum atomic E-state index is 13.2. The molecule has 9 nitrogen and oxygen atoms in total. The molecule has 1 atom stereocenters. The Morgan fingerprint density at radius 1 is 0.853 bits per heavy atom. The lowest BCUT2D eigenvalue weighted by molar-refractivity contribution is -0.123. The molecule has 2 aromatic carbocycles. The van der Waals surface area contributed by atoms with E-state index in [9.17, 15) is 18.0 Å². The van der Waals surface area contributed by atoms with Gasteiger partial charge in [0.2, 0.25) is 15.9 Å². The molecule has 0 spiro atoms. The third-order valence-corrected chi connectivity index (χ3v) is 8.47. The van der Waals surface area contributed by atoms with E-state index < -0.39 is 16.1 Å². The van der Waals surface area contributed by atoms with Gasteiger partial charge in [-0.1, -0.05) is 6.07 Å². The van der Waals surface area contributed by atoms with Gasteiger partial charge in [-0.25, -0.2) is 13.3 Å². The zero-order valence-corrected chi connectivity index (χ0v) is 20.6. The lowest BCUT2D eigenvalue weighted by Gasteiger charge is -2.36. The number of nitrogens with zero attached hydrogens (tertiary/aromatic N) is 3. The maximum absolute atomic E-state index is 13.2. The summed E-state index contributed by atoms with van der Waals surface area (Å²) < 4.78 is 38.2. The van der Waals surface area contributed by atoms with Gasteiger partial charge in [0.15, 0.2) is 11.5 Å². The summed E-state index contributed by atoms with van der Waals surface area (Å²) in [6, 6.07) is 9.41. The number of rotatable bonds is 6. The predicted octanol–water partition coefficient (Wildman–Crippen LogP) is 1.96. The number of carbonyl (C=O) groups is 2. The SMILES string of the molecule is COc1ccc(N2C(=O)CC(N3CCN(S(=O)(=O)c4ccc(C)c(C)c4)CC3)C2=O)cc1OC. The summed E-state index contributed by atoms with van der Waals surface area (Å²) in [5.74, 6) is 0.312. The van der Waals surface area contributed by atoms with E-state index in [-0.39, 0.29) is 36.2 Å². The summed E-state index contributed by atoms with van der Waals surface area (Å²) in [6.45, 7) is 5.07. The highest BCUT2D eigenvalue weighted by molar-refractivity contribution is 7.89. The Bertz CT molecular complexity index is 1220. The van der Waals surface area contributed by atoms with Crippen molar-refractivity contribution in [2.45, 2.75) is 31.2 Å². The number of hydrogen-bond acceptors (Lipinski definition) is 7. The van der Waals surface area contributed by atoms with Crippen molar-refractivity contribution in [2.75, 3.05) is 45.3 Å². The number of aryl methyl sites for hydroxylation is 2. The van der Waals surface area contributed by atoms with Gasteiger partial charge >= 0.3 is 0 Å². The standard InChI is InChI=1S/C24H29N3O6S/c1-16-5-7-19(13-17(16)2)34(30,31)26-11-9-25(10-12-26)20-15-23(28)27(24(20)29)18-6-8-21(32-3)22(14-18)33-4/h5-8,13-14,20H,9-12,15H2,1-4H3. The Morgan fingerprint density at radius 2 is 1.53 bits per heavy atom. The second-order valence-electron chi connectivity index (χ2n) is 8.51. The number of hydrogen-bond donors (Lipinski definition) is 0. The average molecular weight is 488 g/mol. The number of piperazine rings is 1. The van der Waals surface area contributed by atoms with E-state index in [1.807, 2.05) is 24.8 Å². The summed E-state index contributed by atoms with van der Waals surface area (Å²) in [6.07, 6.45) is 0.0527. The van der Waals surface area contributed by atoms with Crippen molar-refractivity contribution in [3.63, 3.8) is 0 Å². The molecule has 2 heterocycles. The zero-order chi connectivity index (χ0) is 24.6. The van der Waals surface area contributed by atoms with Crippen LogP contribution < -0.4 is 14.4 Å². The number of anilines is 1. The van der Waals surface area contributed by atoms with Gasteiger partial charge in [-0.2, -0.15) is 4.31 Å². The highest BCUT2D eigenvalue weighted by Crippen LogP contribution is 2.34. The minimum absolute atomic E-state index is 0.0527. The number of ether oxygens (including phenoxy) is 2. The number of methoxy groups -OCH3 is 2. The minimum atomic E-state index is -3.62. The molecule has 0 radical (unpaired) electrons. The second kappa shape index (κ2) is 9.36. The molecule has 34 heavy (non-hydrogen) atoms. The molecule has 182 valence electrons. The molecule has 1 unspecified atom stereocenters. The van der Waals surface area contributed by atoms with Crippen molar-refractivity contribution < 1.29 is 27.5 Å². The highest BCUT2D eigenvalue weighted by atomic mass is 32.2. The second-order valence-corrected chi connectivity index (χ2v) is 10.5. The van der Waals surface area contributed by atoms with E-state index in [1.165, 1.54) is 23.4 Å². The molecule has 2 aromatic rings. The summed E-state index contributed by atoms with van der Waals surface area (Å²) >= 11 is 0. The van der Waals surface area contributed by atoms with Gasteiger partial charge in [0.1, 0.15) is 0 Å². The van der Waals surface area contributed by atoms with Crippen molar-refractivity contribution >= 4 is 27.5 Å². The van der Waals surface area contributed by atoms with Gasteiger partial charge in [0, 0.05) is 32.2 Å². The Balaban J connectivity index is 1.46. The molecule has 0 aliphatic carbocycles. The van der Waals surface area contributed by atoms with Crippen LogP contribution in [0.4, 0.5) is 5.69 Å². The smallest absolute Gasteiger partial charge is 0.251 e. The van der Waals surface area contributed by atoms with Crippen molar-refractivity contribution in [1.82, 2.24) is 9.21 Å². The van der Waals surface area contributed by atoms with Crippen LogP contribution in [0.25, 0.3) is 0 Å². The molecule has 2 aliphatic heterocycles. The fraction of sp³-hybridized carbons (Fsp3) is 0.417. The predicted molar refractivity (Wildman–Crippen MR) is 127 cm³/mol. The van der Waals surface area contributed by atoms with E-state index in [4.69, 9.17) is 9.47 Å². The average Bonchev–Trinajstić information content (AvgIpc) is 3.14. The third kappa shape index (κ3) is 4.28. The molecule has 2 amide bonds. The Labute approximate surface area is 199 Å². The fourth-order valence-corrected chi connectivity index (χ4v) is 5.92. The van der Waals surface area contributed by atoms with Gasteiger partial charge in [-0.3, -0.25) is 14.5 Å². The van der Waals surface area contributed by atoms with Crippen LogP contribution in [0.5, 0.6) is 11.5 Å². The Morgan fingerprint density at radius 3 is 2.15 bits per heavy atom. The molecule has 0 saturated carbocycles. The summed E-state index contributed by atoms with van der Waals surface area (Å²) in [4.78, 5) is 29.3. The van der Waals surface area contributed by atoms with Gasteiger partial charge in [-0.15, -0.1) is 0 Å². The van der Waals surface area contributed by atoms with Crippen LogP contribution in [-0.4, -0.2) is 75.9 Å². The van der Waals surface area contributed by atoms with E-state index in [0.29, 0.717) is 30.3 Å². The summed E-state index contributed by atoms with van der Waals surface area (Å²) in [7, 11) is -0.619. The Hall–Kier alpha value is -2.95. The topological polar surface area (TPSA) is 96.5 Å². The van der Waals surface area contributed by atoms with Crippen LogP contribution in [0, 0.1) is 13.8 Å². The number of carbonyl (C=O) groups excluding carboxylic acids is 2. The first-order valence-electron chi connectivity index (χ1n) is 11.1. The quantitative estimate of drug-likeness (QED) is 0.575. The molecular formula is C24H29N3O6S. The summed E-state index contributed by atoms with van der Waals surface area (Å²) in [5, 5.41) is 0. The molecule has 2 fully saturated rings. The van der Waals surface area contributed by atoms with E-state index in [1.54, 1.807) is 30.3 Å². The third-order valence-electron chi connectivity index (χ3n) is 6.58. The Kier molecular flexibility index (Phi) is 6.66. The lowest BCUT2D eigenvalue weighted by Crippen LogP contribution is -2.53. The molecule has 0 N–H and O–H groups in total. The van der Waals surface area contributed by atoms with Crippen LogP contribution in [0.15, 0.2) is 41.3 Å². The van der Waals surface area contributed by atoms with Gasteiger partial charge in [-0.05, 0) is 49.2 Å². The first kappa shape index (κ1) is 24.2. The van der Waals surface area contributed by atoms with Gasteiger partial charge in [0.05, 0.1) is 37.3 Å². The largest absolute Gasteiger partial charge is 0.493 e. The van der Waals surface area contributed by atoms with Crippen LogP contribution >= 0.6 is 0 Å². The first-order valence-corrected chi connectivity index (χ1v) is 12.5. The van der Waals surface area contributed by atoms with Crippen LogP contribution in [-0.2, 0) is 19.6 Å².